The second-order valence-electron chi connectivity index (χ2n) is 7.38. The highest BCUT2D eigenvalue weighted by atomic mass is 16.5. The molecule has 0 aliphatic rings. The number of anilines is 1. The van der Waals surface area contributed by atoms with E-state index in [2.05, 4.69) is 6.07 Å². The van der Waals surface area contributed by atoms with Crippen LogP contribution >= 0.6 is 0 Å². The topological polar surface area (TPSA) is 182 Å². The van der Waals surface area contributed by atoms with Crippen LogP contribution in [0.25, 0.3) is 11.6 Å². The number of rotatable bonds is 11. The van der Waals surface area contributed by atoms with Crippen LogP contribution in [0.1, 0.15) is 30.4 Å². The van der Waals surface area contributed by atoms with Gasteiger partial charge in [-0.1, -0.05) is 12.5 Å². The van der Waals surface area contributed by atoms with Crippen molar-refractivity contribution in [3.8, 4) is 29.1 Å². The number of benzene rings is 2. The van der Waals surface area contributed by atoms with E-state index in [1.165, 1.54) is 21.3 Å². The summed E-state index contributed by atoms with van der Waals surface area (Å²) in [6.07, 6.45) is 4.16. The summed E-state index contributed by atoms with van der Waals surface area (Å²) in [5.74, 6) is 1.58. The minimum Gasteiger partial charge on any atom is -0.495 e. The van der Waals surface area contributed by atoms with E-state index in [1.54, 1.807) is 37.5 Å². The Morgan fingerprint density at radius 1 is 1.00 bits per heavy atom. The molecule has 0 radical (unpaired) electrons. The number of unbranched alkanes of at least 4 members (excludes halogenated alkanes) is 1. The largest absolute Gasteiger partial charge is 0.495 e. The average Bonchev–Trinajstić information content (AvgIpc) is 2.86. The fourth-order valence-electron chi connectivity index (χ4n) is 3.08. The zero-order valence-corrected chi connectivity index (χ0v) is 20.7. The summed E-state index contributed by atoms with van der Waals surface area (Å²) in [4.78, 5) is 10.4. The maximum Gasteiger partial charge on any atom is 0.234 e. The Morgan fingerprint density at radius 2 is 1.60 bits per heavy atom. The molecule has 10 nitrogen and oxygen atoms in total. The van der Waals surface area contributed by atoms with E-state index in [0.717, 1.165) is 18.4 Å². The molecule has 0 spiro atoms. The summed E-state index contributed by atoms with van der Waals surface area (Å²) in [7, 11) is 6.14. The molecule has 190 valence electrons. The number of nitrogens with two attached hydrogens (primary N) is 4. The fraction of sp³-hybridized carbons (Fsp3) is 0.360. The molecule has 0 unspecified atom stereocenters. The van der Waals surface area contributed by atoms with Crippen molar-refractivity contribution in [1.82, 2.24) is 0 Å². The van der Waals surface area contributed by atoms with Gasteiger partial charge >= 0.3 is 0 Å². The van der Waals surface area contributed by atoms with E-state index in [9.17, 15) is 10.1 Å². The smallest absolute Gasteiger partial charge is 0.234 e. The lowest BCUT2D eigenvalue weighted by Crippen LogP contribution is -2.36. The highest BCUT2D eigenvalue weighted by Gasteiger charge is 2.15. The predicted octanol–water partition coefficient (Wildman–Crippen LogP) is 2.30. The van der Waals surface area contributed by atoms with Gasteiger partial charge in [-0.15, -0.1) is 0 Å². The van der Waals surface area contributed by atoms with E-state index in [0.29, 0.717) is 52.8 Å². The first kappa shape index (κ1) is 29.1. The van der Waals surface area contributed by atoms with Crippen LogP contribution in [0.2, 0.25) is 0 Å². The van der Waals surface area contributed by atoms with Crippen molar-refractivity contribution in [2.75, 3.05) is 40.7 Å². The molecule has 35 heavy (non-hydrogen) atoms. The number of carbonyl (C=O) groups excluding carboxylic acids is 1. The van der Waals surface area contributed by atoms with E-state index in [4.69, 9.17) is 41.9 Å². The molecule has 1 amide bonds. The molecule has 0 saturated carbocycles. The van der Waals surface area contributed by atoms with Crippen molar-refractivity contribution < 1.29 is 23.7 Å². The number of hydrogen-bond acceptors (Lipinski definition) is 9. The van der Waals surface area contributed by atoms with Gasteiger partial charge in [0.2, 0.25) is 11.7 Å². The van der Waals surface area contributed by atoms with Crippen LogP contribution in [0, 0.1) is 11.3 Å². The van der Waals surface area contributed by atoms with Crippen LogP contribution < -0.4 is 41.9 Å². The zero-order valence-electron chi connectivity index (χ0n) is 20.7. The van der Waals surface area contributed by atoms with Crippen LogP contribution in [0.5, 0.6) is 23.0 Å². The quantitative estimate of drug-likeness (QED) is 0.160. The molecule has 2 rings (SSSR count). The second kappa shape index (κ2) is 15.1. The minimum absolute atomic E-state index is 0.433. The number of carbonyl (C=O) groups is 1. The molecule has 0 aromatic heterocycles. The van der Waals surface area contributed by atoms with Gasteiger partial charge in [-0.3, -0.25) is 4.79 Å². The van der Waals surface area contributed by atoms with Gasteiger partial charge in [0.15, 0.2) is 11.5 Å². The Hall–Kier alpha value is -3.94. The van der Waals surface area contributed by atoms with Gasteiger partial charge in [-0.2, -0.15) is 5.26 Å². The molecule has 0 fully saturated rings. The Kier molecular flexibility index (Phi) is 12.5. The molecule has 0 bridgehead atoms. The first-order valence-corrected chi connectivity index (χ1v) is 10.9. The number of ether oxygens (including phenoxy) is 4. The number of amides is 1. The molecular weight excluding hydrogens is 450 g/mol. The molecule has 2 aromatic rings. The van der Waals surface area contributed by atoms with Gasteiger partial charge in [0.1, 0.15) is 5.75 Å². The van der Waals surface area contributed by atoms with Gasteiger partial charge in [0, 0.05) is 0 Å². The molecular formula is C25H35N5O5. The van der Waals surface area contributed by atoms with E-state index in [-0.39, 0.29) is 0 Å². The molecule has 1 atom stereocenters. The van der Waals surface area contributed by atoms with Crippen molar-refractivity contribution in [3.63, 3.8) is 0 Å². The summed E-state index contributed by atoms with van der Waals surface area (Å²) in [5, 5.41) is 9.58. The molecule has 0 aliphatic carbocycles. The van der Waals surface area contributed by atoms with Gasteiger partial charge in [-0.25, -0.2) is 0 Å². The van der Waals surface area contributed by atoms with Gasteiger partial charge < -0.3 is 41.9 Å². The third kappa shape index (κ3) is 8.73. The number of methoxy groups -OCH3 is 4. The molecule has 0 aliphatic heterocycles. The Bertz CT molecular complexity index is 1020. The lowest BCUT2D eigenvalue weighted by atomic mass is 10.0. The van der Waals surface area contributed by atoms with Crippen molar-refractivity contribution in [1.29, 1.82) is 5.26 Å². The van der Waals surface area contributed by atoms with Crippen molar-refractivity contribution >= 4 is 23.2 Å². The molecule has 10 heteroatoms. The summed E-state index contributed by atoms with van der Waals surface area (Å²) < 4.78 is 21.1. The van der Waals surface area contributed by atoms with Gasteiger partial charge in [-0.05, 0) is 60.9 Å². The van der Waals surface area contributed by atoms with E-state index >= 15 is 0 Å². The number of hydrogen-bond donors (Lipinski definition) is 4. The van der Waals surface area contributed by atoms with Crippen LogP contribution in [-0.4, -0.2) is 46.9 Å². The van der Waals surface area contributed by atoms with Crippen LogP contribution in [0.3, 0.4) is 0 Å². The van der Waals surface area contributed by atoms with Crippen LogP contribution in [0.15, 0.2) is 30.3 Å². The molecule has 0 heterocycles. The highest BCUT2D eigenvalue weighted by Crippen LogP contribution is 2.40. The Labute approximate surface area is 206 Å². The summed E-state index contributed by atoms with van der Waals surface area (Å²) in [5.41, 5.74) is 23.8. The minimum atomic E-state index is -0.494. The fourth-order valence-corrected chi connectivity index (χ4v) is 3.08. The van der Waals surface area contributed by atoms with Gasteiger partial charge in [0.25, 0.3) is 0 Å². The first-order valence-electron chi connectivity index (χ1n) is 10.9. The first-order chi connectivity index (χ1) is 16.8. The van der Waals surface area contributed by atoms with Gasteiger partial charge in [0.05, 0.1) is 51.8 Å². The number of primary amides is 1. The Balaban J connectivity index is 0.000000518. The SMILES string of the molecule is COc1ccc(/C=C(/C#N)c2cc(OC)c(OC)c(OC)c2)cc1N.NCCCC[C@@H](N)C(N)=O. The second-order valence-corrected chi connectivity index (χ2v) is 7.38. The molecule has 0 saturated heterocycles. The summed E-state index contributed by atoms with van der Waals surface area (Å²) >= 11 is 0. The maximum absolute atomic E-state index is 10.4. The third-order valence-electron chi connectivity index (χ3n) is 5.00. The summed E-state index contributed by atoms with van der Waals surface area (Å²) in [6.45, 7) is 0.644. The highest BCUT2D eigenvalue weighted by molar-refractivity contribution is 5.91. The van der Waals surface area contributed by atoms with Crippen molar-refractivity contribution in [3.05, 3.63) is 41.5 Å². The predicted molar refractivity (Wildman–Crippen MR) is 137 cm³/mol. The van der Waals surface area contributed by atoms with E-state index in [1.807, 2.05) is 6.07 Å². The van der Waals surface area contributed by atoms with Crippen LogP contribution in [-0.2, 0) is 4.79 Å². The standard InChI is InChI=1S/C19H20N2O4.C6H15N3O/c1-22-16-6-5-12(8-15(16)21)7-14(11-20)13-9-17(23-2)19(25-4)18(10-13)24-3;7-4-2-1-3-5(8)6(9)10/h5-10H,21H2,1-4H3;5H,1-4,7-8H2,(H2,9,10)/b14-7-;/t;5-/m.1/s1. The normalized spacial score (nSPS) is 11.4. The lowest BCUT2D eigenvalue weighted by molar-refractivity contribution is -0.119. The average molecular weight is 486 g/mol. The number of nitrogens with zero attached hydrogens (tertiary/aromatic N) is 1. The molecule has 2 aromatic carbocycles. The van der Waals surface area contributed by atoms with E-state index < -0.39 is 11.9 Å². The number of allylic oxidation sites excluding steroid dienone is 1. The zero-order chi connectivity index (χ0) is 26.4. The van der Waals surface area contributed by atoms with Crippen molar-refractivity contribution in [2.45, 2.75) is 25.3 Å². The van der Waals surface area contributed by atoms with Crippen molar-refractivity contribution in [2.24, 2.45) is 17.2 Å². The summed E-state index contributed by atoms with van der Waals surface area (Å²) in [6, 6.07) is 10.5. The molecule has 8 N–H and O–H groups in total. The number of nitriles is 1. The number of nitrogen functional groups attached to an aromatic ring is 1. The lowest BCUT2D eigenvalue weighted by Gasteiger charge is -2.14. The Morgan fingerprint density at radius 3 is 2.03 bits per heavy atom. The third-order valence-corrected chi connectivity index (χ3v) is 5.00. The van der Waals surface area contributed by atoms with Crippen LogP contribution in [0.4, 0.5) is 5.69 Å². The maximum atomic E-state index is 10.4. The monoisotopic (exact) mass is 485 g/mol.